The molecule has 12 heavy (non-hydrogen) atoms. The number of benzene rings is 1. The Balaban J connectivity index is 3.37. The van der Waals surface area contributed by atoms with Gasteiger partial charge in [0.05, 0.1) is 9.95 Å². The fraction of sp³-hybridized carbons (Fsp3) is 0. The van der Waals surface area contributed by atoms with Crippen LogP contribution in [0.5, 0.6) is 5.75 Å². The zero-order valence-electron chi connectivity index (χ0n) is 5.62. The molecular weight excluding hydrogens is 205 g/mol. The Morgan fingerprint density at radius 1 is 1.42 bits per heavy atom. The zero-order valence-corrected chi connectivity index (χ0v) is 7.13. The standard InChI is InChI=1S/C6H3Cl2NO3/c7-3-1-4(9(11)12)6(8)5(10)2-3/h1-2,10H. The summed E-state index contributed by atoms with van der Waals surface area (Å²) in [6.45, 7) is 0. The summed E-state index contributed by atoms with van der Waals surface area (Å²) in [6.07, 6.45) is 0. The molecule has 0 fully saturated rings. The van der Waals surface area contributed by atoms with E-state index in [1.165, 1.54) is 0 Å². The normalized spacial score (nSPS) is 9.83. The molecule has 1 aromatic carbocycles. The minimum absolute atomic E-state index is 0.0728. The van der Waals surface area contributed by atoms with Crippen LogP contribution in [0.25, 0.3) is 0 Å². The molecular formula is C6H3Cl2NO3. The van der Waals surface area contributed by atoms with E-state index >= 15 is 0 Å². The number of halogens is 2. The Kier molecular flexibility index (Phi) is 2.40. The summed E-state index contributed by atoms with van der Waals surface area (Å²) in [4.78, 5) is 9.56. The number of nitro benzene ring substituents is 1. The largest absolute Gasteiger partial charge is 0.506 e. The second-order valence-electron chi connectivity index (χ2n) is 2.02. The van der Waals surface area contributed by atoms with Crippen LogP contribution in [-0.4, -0.2) is 10.0 Å². The van der Waals surface area contributed by atoms with Crippen LogP contribution in [0, 0.1) is 10.1 Å². The van der Waals surface area contributed by atoms with Crippen LogP contribution in [0.1, 0.15) is 0 Å². The van der Waals surface area contributed by atoms with E-state index in [9.17, 15) is 10.1 Å². The molecule has 6 heteroatoms. The van der Waals surface area contributed by atoms with Crippen molar-refractivity contribution in [3.8, 4) is 5.75 Å². The maximum absolute atomic E-state index is 10.3. The molecule has 0 amide bonds. The van der Waals surface area contributed by atoms with Crippen molar-refractivity contribution in [2.45, 2.75) is 0 Å². The summed E-state index contributed by atoms with van der Waals surface area (Å²) in [6, 6.07) is 2.21. The number of aromatic hydroxyl groups is 1. The molecule has 0 aliphatic carbocycles. The minimum Gasteiger partial charge on any atom is -0.506 e. The fourth-order valence-electron chi connectivity index (χ4n) is 0.694. The number of nitro groups is 1. The van der Waals surface area contributed by atoms with E-state index in [-0.39, 0.29) is 10.0 Å². The second kappa shape index (κ2) is 3.16. The topological polar surface area (TPSA) is 63.4 Å². The van der Waals surface area contributed by atoms with Crippen molar-refractivity contribution in [1.82, 2.24) is 0 Å². The van der Waals surface area contributed by atoms with Crippen LogP contribution < -0.4 is 0 Å². The van der Waals surface area contributed by atoms with Crippen molar-refractivity contribution in [2.24, 2.45) is 0 Å². The Hall–Kier alpha value is -1.00. The van der Waals surface area contributed by atoms with Crippen molar-refractivity contribution in [1.29, 1.82) is 0 Å². The van der Waals surface area contributed by atoms with Gasteiger partial charge in [-0.25, -0.2) is 0 Å². The molecule has 0 aliphatic heterocycles. The van der Waals surface area contributed by atoms with Gasteiger partial charge < -0.3 is 5.11 Å². The lowest BCUT2D eigenvalue weighted by molar-refractivity contribution is -0.384. The molecule has 1 rings (SSSR count). The van der Waals surface area contributed by atoms with Gasteiger partial charge in [0.15, 0.2) is 5.02 Å². The summed E-state index contributed by atoms with van der Waals surface area (Å²) >= 11 is 10.9. The van der Waals surface area contributed by atoms with Crippen LogP contribution in [0.4, 0.5) is 5.69 Å². The third-order valence-electron chi connectivity index (χ3n) is 1.20. The van der Waals surface area contributed by atoms with E-state index in [0.29, 0.717) is 0 Å². The van der Waals surface area contributed by atoms with E-state index in [1.807, 2.05) is 0 Å². The van der Waals surface area contributed by atoms with Crippen LogP contribution in [0.15, 0.2) is 12.1 Å². The highest BCUT2D eigenvalue weighted by atomic mass is 35.5. The third-order valence-corrected chi connectivity index (χ3v) is 1.80. The zero-order chi connectivity index (χ0) is 9.30. The quantitative estimate of drug-likeness (QED) is 0.569. The molecule has 64 valence electrons. The Labute approximate surface area is 77.5 Å². The maximum Gasteiger partial charge on any atom is 0.293 e. The average Bonchev–Trinajstić information content (AvgIpc) is 1.96. The van der Waals surface area contributed by atoms with Gasteiger partial charge in [-0.15, -0.1) is 0 Å². The summed E-state index contributed by atoms with van der Waals surface area (Å²) in [5, 5.41) is 19.1. The van der Waals surface area contributed by atoms with Crippen molar-refractivity contribution in [3.63, 3.8) is 0 Å². The Bertz CT molecular complexity index is 340. The number of nitrogens with zero attached hydrogens (tertiary/aromatic N) is 1. The monoisotopic (exact) mass is 207 g/mol. The first kappa shape index (κ1) is 9.09. The molecule has 0 heterocycles. The number of phenols is 1. The first-order valence-corrected chi connectivity index (χ1v) is 3.60. The summed E-state index contributed by atoms with van der Waals surface area (Å²) in [5.41, 5.74) is -0.401. The molecule has 0 atom stereocenters. The van der Waals surface area contributed by atoms with Gasteiger partial charge in [0.2, 0.25) is 0 Å². The molecule has 0 radical (unpaired) electrons. The molecule has 0 aromatic heterocycles. The number of hydrogen-bond acceptors (Lipinski definition) is 3. The lowest BCUT2D eigenvalue weighted by Gasteiger charge is -1.98. The number of hydrogen-bond donors (Lipinski definition) is 1. The van der Waals surface area contributed by atoms with Gasteiger partial charge in [0, 0.05) is 12.1 Å². The van der Waals surface area contributed by atoms with Crippen molar-refractivity contribution < 1.29 is 10.0 Å². The van der Waals surface area contributed by atoms with Crippen LogP contribution in [0.3, 0.4) is 0 Å². The highest BCUT2D eigenvalue weighted by molar-refractivity contribution is 6.36. The molecule has 1 N–H and O–H groups in total. The van der Waals surface area contributed by atoms with E-state index in [0.717, 1.165) is 12.1 Å². The highest BCUT2D eigenvalue weighted by Gasteiger charge is 2.16. The fourth-order valence-corrected chi connectivity index (χ4v) is 1.08. The van der Waals surface area contributed by atoms with Crippen molar-refractivity contribution in [2.75, 3.05) is 0 Å². The Morgan fingerprint density at radius 3 is 2.50 bits per heavy atom. The van der Waals surface area contributed by atoms with Gasteiger partial charge in [0.25, 0.3) is 5.69 Å². The van der Waals surface area contributed by atoms with E-state index in [4.69, 9.17) is 28.3 Å². The minimum atomic E-state index is -0.714. The van der Waals surface area contributed by atoms with E-state index < -0.39 is 16.4 Å². The van der Waals surface area contributed by atoms with Gasteiger partial charge in [-0.1, -0.05) is 23.2 Å². The van der Waals surface area contributed by atoms with Crippen LogP contribution >= 0.6 is 23.2 Å². The molecule has 0 spiro atoms. The smallest absolute Gasteiger partial charge is 0.293 e. The second-order valence-corrected chi connectivity index (χ2v) is 2.83. The van der Waals surface area contributed by atoms with Gasteiger partial charge >= 0.3 is 0 Å². The Morgan fingerprint density at radius 2 is 2.00 bits per heavy atom. The first-order chi connectivity index (χ1) is 5.52. The number of rotatable bonds is 1. The maximum atomic E-state index is 10.3. The molecule has 0 aliphatic rings. The number of phenolic OH excluding ortho intramolecular Hbond substituents is 1. The summed E-state index contributed by atoms with van der Waals surface area (Å²) in [7, 11) is 0. The molecule has 0 saturated heterocycles. The molecule has 0 unspecified atom stereocenters. The highest BCUT2D eigenvalue weighted by Crippen LogP contribution is 2.35. The molecule has 4 nitrogen and oxygen atoms in total. The average molecular weight is 208 g/mol. The predicted molar refractivity (Wildman–Crippen MR) is 44.8 cm³/mol. The summed E-state index contributed by atoms with van der Waals surface area (Å²) in [5.74, 6) is -0.393. The van der Waals surface area contributed by atoms with E-state index in [2.05, 4.69) is 0 Å². The van der Waals surface area contributed by atoms with Gasteiger partial charge in [-0.3, -0.25) is 10.1 Å². The first-order valence-electron chi connectivity index (χ1n) is 2.85. The van der Waals surface area contributed by atoms with Gasteiger partial charge in [0.1, 0.15) is 5.75 Å². The molecule has 0 bridgehead atoms. The lowest BCUT2D eigenvalue weighted by atomic mass is 10.3. The summed E-state index contributed by atoms with van der Waals surface area (Å²) < 4.78 is 0. The predicted octanol–water partition coefficient (Wildman–Crippen LogP) is 2.61. The van der Waals surface area contributed by atoms with Gasteiger partial charge in [-0.05, 0) is 0 Å². The van der Waals surface area contributed by atoms with Crippen LogP contribution in [-0.2, 0) is 0 Å². The molecule has 1 aromatic rings. The lowest BCUT2D eigenvalue weighted by Crippen LogP contribution is -1.88. The van der Waals surface area contributed by atoms with Crippen LogP contribution in [0.2, 0.25) is 10.0 Å². The van der Waals surface area contributed by atoms with Crippen molar-refractivity contribution in [3.05, 3.63) is 32.3 Å². The van der Waals surface area contributed by atoms with Crippen molar-refractivity contribution >= 4 is 28.9 Å². The SMILES string of the molecule is O=[N+]([O-])c1cc(Cl)cc(O)c1Cl. The third kappa shape index (κ3) is 1.60. The van der Waals surface area contributed by atoms with E-state index in [1.54, 1.807) is 0 Å². The van der Waals surface area contributed by atoms with Gasteiger partial charge in [-0.2, -0.15) is 0 Å². The molecule has 0 saturated carbocycles.